The molecule has 19 heavy (non-hydrogen) atoms. The van der Waals surface area contributed by atoms with E-state index in [-0.39, 0.29) is 5.82 Å². The molecule has 0 saturated carbocycles. The van der Waals surface area contributed by atoms with Crippen LogP contribution in [0.1, 0.15) is 0 Å². The average Bonchev–Trinajstić information content (AvgIpc) is 2.90. The lowest BCUT2D eigenvalue weighted by molar-refractivity contribution is 0.627. The number of rotatable bonds is 2. The first-order chi connectivity index (χ1) is 9.22. The summed E-state index contributed by atoms with van der Waals surface area (Å²) in [6.07, 6.45) is 4.77. The Morgan fingerprint density at radius 1 is 1.00 bits per heavy atom. The van der Waals surface area contributed by atoms with Gasteiger partial charge in [0.05, 0.1) is 5.69 Å². The Hall–Kier alpha value is -2.13. The lowest BCUT2D eigenvalue weighted by atomic mass is 10.1. The maximum absolute atomic E-state index is 12.9. The predicted molar refractivity (Wildman–Crippen MR) is 72.8 cm³/mol. The molecular formula is C15H9ClFN2. The molecule has 3 rings (SSSR count). The molecule has 0 spiro atoms. The van der Waals surface area contributed by atoms with Crippen molar-refractivity contribution in [2.75, 3.05) is 0 Å². The van der Waals surface area contributed by atoms with Crippen molar-refractivity contribution in [3.8, 4) is 16.8 Å². The van der Waals surface area contributed by atoms with Crippen molar-refractivity contribution in [2.45, 2.75) is 0 Å². The third-order valence-electron chi connectivity index (χ3n) is 2.78. The van der Waals surface area contributed by atoms with Gasteiger partial charge in [-0.2, -0.15) is 5.10 Å². The molecule has 0 N–H and O–H groups in total. The van der Waals surface area contributed by atoms with Gasteiger partial charge in [0.2, 0.25) is 0 Å². The topological polar surface area (TPSA) is 17.8 Å². The van der Waals surface area contributed by atoms with Gasteiger partial charge in [-0.1, -0.05) is 23.7 Å². The molecule has 4 heteroatoms. The van der Waals surface area contributed by atoms with Gasteiger partial charge in [-0.15, -0.1) is 0 Å². The van der Waals surface area contributed by atoms with Crippen LogP contribution in [0.4, 0.5) is 4.39 Å². The summed E-state index contributed by atoms with van der Waals surface area (Å²) in [4.78, 5) is 0. The Kier molecular flexibility index (Phi) is 3.05. The molecule has 0 bridgehead atoms. The number of aromatic nitrogens is 2. The van der Waals surface area contributed by atoms with E-state index >= 15 is 0 Å². The lowest BCUT2D eigenvalue weighted by Crippen LogP contribution is -1.93. The van der Waals surface area contributed by atoms with Crippen LogP contribution in [0.25, 0.3) is 16.8 Å². The first kappa shape index (κ1) is 11.9. The van der Waals surface area contributed by atoms with E-state index in [9.17, 15) is 4.39 Å². The van der Waals surface area contributed by atoms with Crippen molar-refractivity contribution in [3.05, 3.63) is 71.8 Å². The van der Waals surface area contributed by atoms with Crippen LogP contribution in [0.5, 0.6) is 0 Å². The van der Waals surface area contributed by atoms with Gasteiger partial charge in [0.1, 0.15) is 12.0 Å². The first-order valence-electron chi connectivity index (χ1n) is 5.71. The summed E-state index contributed by atoms with van der Waals surface area (Å²) in [5, 5.41) is 4.84. The highest BCUT2D eigenvalue weighted by molar-refractivity contribution is 6.30. The van der Waals surface area contributed by atoms with E-state index in [1.807, 2.05) is 30.5 Å². The summed E-state index contributed by atoms with van der Waals surface area (Å²) in [6.45, 7) is 0. The van der Waals surface area contributed by atoms with Crippen LogP contribution in [-0.2, 0) is 0 Å². The van der Waals surface area contributed by atoms with E-state index in [1.54, 1.807) is 16.8 Å². The Bertz CT molecular complexity index is 627. The zero-order valence-corrected chi connectivity index (χ0v) is 10.6. The van der Waals surface area contributed by atoms with Gasteiger partial charge >= 0.3 is 0 Å². The molecule has 0 aliphatic carbocycles. The van der Waals surface area contributed by atoms with E-state index in [0.717, 1.165) is 16.8 Å². The highest BCUT2D eigenvalue weighted by Gasteiger charge is 2.04. The molecule has 0 aliphatic rings. The van der Waals surface area contributed by atoms with E-state index in [1.165, 1.54) is 12.1 Å². The van der Waals surface area contributed by atoms with Crippen LogP contribution < -0.4 is 0 Å². The smallest absolute Gasteiger partial charge is 0.123 e. The minimum absolute atomic E-state index is 0.266. The van der Waals surface area contributed by atoms with Gasteiger partial charge < -0.3 is 0 Å². The van der Waals surface area contributed by atoms with E-state index in [4.69, 9.17) is 11.6 Å². The third-order valence-corrected chi connectivity index (χ3v) is 3.03. The van der Waals surface area contributed by atoms with Gasteiger partial charge in [-0.25, -0.2) is 9.07 Å². The molecule has 0 fully saturated rings. The molecule has 0 unspecified atom stereocenters. The first-order valence-corrected chi connectivity index (χ1v) is 6.09. The molecule has 0 saturated heterocycles. The Balaban J connectivity index is 1.95. The number of nitrogens with zero attached hydrogens (tertiary/aromatic N) is 2. The Labute approximate surface area is 115 Å². The van der Waals surface area contributed by atoms with Gasteiger partial charge in [0, 0.05) is 16.8 Å². The number of halogens is 2. The fourth-order valence-corrected chi connectivity index (χ4v) is 1.91. The van der Waals surface area contributed by atoms with Gasteiger partial charge in [-0.3, -0.25) is 0 Å². The summed E-state index contributed by atoms with van der Waals surface area (Å²) in [5.74, 6) is -0.266. The number of hydrogen-bond acceptors (Lipinski definition) is 1. The van der Waals surface area contributed by atoms with Crippen LogP contribution in [0.2, 0.25) is 5.02 Å². The quantitative estimate of drug-likeness (QED) is 0.685. The number of benzene rings is 2. The van der Waals surface area contributed by atoms with Gasteiger partial charge in [-0.05, 0) is 42.0 Å². The summed E-state index contributed by atoms with van der Waals surface area (Å²) >= 11 is 5.85. The maximum atomic E-state index is 12.9. The molecule has 0 amide bonds. The summed E-state index contributed by atoms with van der Waals surface area (Å²) in [7, 11) is 0. The number of hydrogen-bond donors (Lipinski definition) is 0. The monoisotopic (exact) mass is 271 g/mol. The van der Waals surface area contributed by atoms with Crippen LogP contribution in [-0.4, -0.2) is 9.78 Å². The standard InChI is InChI=1S/C15H9ClFN2/c16-13-3-1-11(2-4-13)12-9-18-19(10-12)15-7-5-14(17)6-8-15/h1-8,10H. The SMILES string of the molecule is Fc1ccc(-n2cc(-c3ccc(Cl)cc3)[c]n2)cc1. The normalized spacial score (nSPS) is 10.6. The minimum Gasteiger partial charge on any atom is -0.240 e. The summed E-state index contributed by atoms with van der Waals surface area (Å²) < 4.78 is 14.5. The molecular weight excluding hydrogens is 263 g/mol. The molecule has 93 valence electrons. The van der Waals surface area contributed by atoms with Crippen LogP contribution in [0.15, 0.2) is 54.7 Å². The predicted octanol–water partition coefficient (Wildman–Crippen LogP) is 4.13. The lowest BCUT2D eigenvalue weighted by Gasteiger charge is -2.00. The molecule has 0 atom stereocenters. The van der Waals surface area contributed by atoms with Gasteiger partial charge in [0.15, 0.2) is 0 Å². The van der Waals surface area contributed by atoms with Crippen molar-refractivity contribution in [1.29, 1.82) is 0 Å². The van der Waals surface area contributed by atoms with Crippen LogP contribution in [0, 0.1) is 12.0 Å². The van der Waals surface area contributed by atoms with E-state index in [2.05, 4.69) is 11.3 Å². The third kappa shape index (κ3) is 2.51. The molecule has 1 aromatic heterocycles. The molecule has 2 aromatic carbocycles. The van der Waals surface area contributed by atoms with Crippen molar-refractivity contribution >= 4 is 11.6 Å². The van der Waals surface area contributed by atoms with Gasteiger partial charge in [0.25, 0.3) is 0 Å². The second kappa shape index (κ2) is 4.86. The molecule has 0 aliphatic heterocycles. The fraction of sp³-hybridized carbons (Fsp3) is 0. The van der Waals surface area contributed by atoms with Crippen molar-refractivity contribution in [3.63, 3.8) is 0 Å². The van der Waals surface area contributed by atoms with Crippen molar-refractivity contribution in [1.82, 2.24) is 9.78 Å². The van der Waals surface area contributed by atoms with E-state index < -0.39 is 0 Å². The maximum Gasteiger partial charge on any atom is 0.123 e. The highest BCUT2D eigenvalue weighted by atomic mass is 35.5. The van der Waals surface area contributed by atoms with E-state index in [0.29, 0.717) is 5.02 Å². The minimum atomic E-state index is -0.266. The molecule has 1 radical (unpaired) electrons. The van der Waals surface area contributed by atoms with Crippen molar-refractivity contribution in [2.24, 2.45) is 0 Å². The summed E-state index contributed by atoms with van der Waals surface area (Å²) in [6, 6.07) is 13.6. The zero-order valence-electron chi connectivity index (χ0n) is 9.85. The highest BCUT2D eigenvalue weighted by Crippen LogP contribution is 2.21. The van der Waals surface area contributed by atoms with Crippen LogP contribution >= 0.6 is 11.6 Å². The zero-order chi connectivity index (χ0) is 13.2. The second-order valence-electron chi connectivity index (χ2n) is 4.08. The summed E-state index contributed by atoms with van der Waals surface area (Å²) in [5.41, 5.74) is 2.64. The van der Waals surface area contributed by atoms with Crippen molar-refractivity contribution < 1.29 is 4.39 Å². The second-order valence-corrected chi connectivity index (χ2v) is 4.52. The Morgan fingerprint density at radius 3 is 2.37 bits per heavy atom. The average molecular weight is 272 g/mol. The molecule has 3 aromatic rings. The Morgan fingerprint density at radius 2 is 1.68 bits per heavy atom. The van der Waals surface area contributed by atoms with Crippen LogP contribution in [0.3, 0.4) is 0 Å². The largest absolute Gasteiger partial charge is 0.240 e. The molecule has 2 nitrogen and oxygen atoms in total. The molecule has 1 heterocycles. The fourth-order valence-electron chi connectivity index (χ4n) is 1.78.